The Labute approximate surface area is 245 Å². The average Bonchev–Trinajstić information content (AvgIpc) is 3.69. The molecular weight excluding hydrogens is 588 g/mol. The van der Waals surface area contributed by atoms with E-state index in [2.05, 4.69) is 10.2 Å². The maximum absolute atomic E-state index is 13.8. The molecule has 1 N–H and O–H groups in total. The normalized spacial score (nSPS) is 15.2. The standard InChI is InChI=1S/C28H17ClN4O6S2/c29-19-7-3-1-6-17(19)14-40-28-31-30-27(41-28)32-23(15-9-11-18(12-10-15)33(37)38)22(25(35)26(32)36)24(34)21-13-16-5-2-4-8-20(16)39-21/h1-13,23,35H,14H2. The van der Waals surface area contributed by atoms with Crippen LogP contribution in [0.1, 0.15) is 27.7 Å². The number of furan rings is 1. The Kier molecular flexibility index (Phi) is 7.03. The number of nitrogens with zero attached hydrogens (tertiary/aromatic N) is 4. The van der Waals surface area contributed by atoms with Crippen molar-refractivity contribution in [1.82, 2.24) is 10.2 Å². The van der Waals surface area contributed by atoms with E-state index < -0.39 is 28.4 Å². The summed E-state index contributed by atoms with van der Waals surface area (Å²) in [4.78, 5) is 39.1. The van der Waals surface area contributed by atoms with Crippen LogP contribution in [0.5, 0.6) is 0 Å². The fourth-order valence-electron chi connectivity index (χ4n) is 4.47. The Morgan fingerprint density at radius 2 is 1.83 bits per heavy atom. The molecule has 3 heterocycles. The molecule has 1 unspecified atom stereocenters. The van der Waals surface area contributed by atoms with Gasteiger partial charge in [-0.25, -0.2) is 0 Å². The van der Waals surface area contributed by atoms with Gasteiger partial charge < -0.3 is 9.52 Å². The van der Waals surface area contributed by atoms with E-state index in [9.17, 15) is 24.8 Å². The summed E-state index contributed by atoms with van der Waals surface area (Å²) in [6, 6.07) is 20.2. The van der Waals surface area contributed by atoms with Crippen LogP contribution in [0.25, 0.3) is 11.0 Å². The number of hydrogen-bond donors (Lipinski definition) is 1. The monoisotopic (exact) mass is 604 g/mol. The van der Waals surface area contributed by atoms with E-state index in [4.69, 9.17) is 16.0 Å². The SMILES string of the molecule is O=C(C1=C(O)C(=O)N(c2nnc(SCc3ccccc3Cl)s2)C1c1ccc([N+](=O)[O-])cc1)c1cc2ccccc2o1. The third-order valence-corrected chi connectivity index (χ3v) is 8.91. The number of nitro groups is 1. The van der Waals surface area contributed by atoms with Crippen LogP contribution in [0.15, 0.2) is 99.0 Å². The highest BCUT2D eigenvalue weighted by Gasteiger charge is 2.47. The number of para-hydroxylation sites is 1. The Morgan fingerprint density at radius 3 is 2.56 bits per heavy atom. The molecule has 1 aliphatic heterocycles. The number of anilines is 1. The highest BCUT2D eigenvalue weighted by molar-refractivity contribution is 8.00. The van der Waals surface area contributed by atoms with Crippen LogP contribution in [0.4, 0.5) is 10.8 Å². The minimum Gasteiger partial charge on any atom is -0.503 e. The van der Waals surface area contributed by atoms with E-state index in [0.717, 1.165) is 16.9 Å². The van der Waals surface area contributed by atoms with E-state index in [1.54, 1.807) is 30.3 Å². The van der Waals surface area contributed by atoms with Crippen molar-refractivity contribution in [2.75, 3.05) is 4.90 Å². The van der Waals surface area contributed by atoms with Gasteiger partial charge in [0, 0.05) is 28.3 Å². The van der Waals surface area contributed by atoms with Crippen molar-refractivity contribution in [3.8, 4) is 0 Å². The van der Waals surface area contributed by atoms with Gasteiger partial charge in [0.15, 0.2) is 15.9 Å². The van der Waals surface area contributed by atoms with E-state index >= 15 is 0 Å². The third kappa shape index (κ3) is 4.97. The largest absolute Gasteiger partial charge is 0.503 e. The molecular formula is C28H17ClN4O6S2. The molecule has 0 saturated carbocycles. The molecule has 2 aromatic heterocycles. The maximum atomic E-state index is 13.8. The van der Waals surface area contributed by atoms with Crippen LogP contribution >= 0.6 is 34.7 Å². The quantitative estimate of drug-likeness (QED) is 0.0656. The number of carbonyl (C=O) groups excluding carboxylic acids is 2. The maximum Gasteiger partial charge on any atom is 0.296 e. The number of aromatic nitrogens is 2. The van der Waals surface area contributed by atoms with Gasteiger partial charge in [-0.2, -0.15) is 0 Å². The second-order valence-corrected chi connectivity index (χ2v) is 11.5. The number of hydrogen-bond acceptors (Lipinski definition) is 10. The van der Waals surface area contributed by atoms with Crippen LogP contribution in [-0.4, -0.2) is 31.9 Å². The highest BCUT2D eigenvalue weighted by Crippen LogP contribution is 2.44. The molecule has 3 aromatic carbocycles. The summed E-state index contributed by atoms with van der Waals surface area (Å²) < 4.78 is 6.27. The number of ketones is 1. The molecule has 1 amide bonds. The average molecular weight is 605 g/mol. The number of fused-ring (bicyclic) bond motifs is 1. The number of halogens is 1. The topological polar surface area (TPSA) is 140 Å². The number of Topliss-reactive ketones (excluding diaryl/α,β-unsaturated/α-hetero) is 1. The molecule has 6 rings (SSSR count). The first-order chi connectivity index (χ1) is 19.8. The summed E-state index contributed by atoms with van der Waals surface area (Å²) in [6.45, 7) is 0. The molecule has 0 saturated heterocycles. The number of carbonyl (C=O) groups is 2. The fourth-order valence-corrected chi connectivity index (χ4v) is 6.62. The molecule has 0 fully saturated rings. The second-order valence-electron chi connectivity index (χ2n) is 8.90. The lowest BCUT2D eigenvalue weighted by molar-refractivity contribution is -0.384. The molecule has 204 valence electrons. The highest BCUT2D eigenvalue weighted by atomic mass is 35.5. The number of non-ortho nitro benzene ring substituents is 1. The number of aliphatic hydroxyl groups excluding tert-OH is 1. The van der Waals surface area contributed by atoms with E-state index in [-0.39, 0.29) is 22.2 Å². The molecule has 13 heteroatoms. The number of benzene rings is 3. The zero-order valence-corrected chi connectivity index (χ0v) is 23.2. The molecule has 41 heavy (non-hydrogen) atoms. The van der Waals surface area contributed by atoms with Gasteiger partial charge >= 0.3 is 0 Å². The van der Waals surface area contributed by atoms with Crippen LogP contribution in [0, 0.1) is 10.1 Å². The number of rotatable bonds is 8. The predicted molar refractivity (Wildman–Crippen MR) is 154 cm³/mol. The summed E-state index contributed by atoms with van der Waals surface area (Å²) in [6.07, 6.45) is 0. The molecule has 1 aliphatic rings. The van der Waals surface area contributed by atoms with Gasteiger partial charge in [0.1, 0.15) is 5.58 Å². The zero-order valence-electron chi connectivity index (χ0n) is 20.8. The summed E-state index contributed by atoms with van der Waals surface area (Å²) in [5.41, 5.74) is 1.32. The molecule has 0 spiro atoms. The van der Waals surface area contributed by atoms with E-state index in [1.807, 2.05) is 18.2 Å². The van der Waals surface area contributed by atoms with Gasteiger partial charge in [-0.3, -0.25) is 24.6 Å². The third-order valence-electron chi connectivity index (χ3n) is 6.43. The van der Waals surface area contributed by atoms with E-state index in [1.165, 1.54) is 47.0 Å². The Bertz CT molecular complexity index is 1830. The van der Waals surface area contributed by atoms with Crippen molar-refractivity contribution in [3.05, 3.63) is 122 Å². The first-order valence-corrected chi connectivity index (χ1v) is 14.2. The first-order valence-electron chi connectivity index (χ1n) is 12.1. The van der Waals surface area contributed by atoms with Gasteiger partial charge in [0.05, 0.1) is 16.5 Å². The van der Waals surface area contributed by atoms with Crippen LogP contribution < -0.4 is 4.90 Å². The van der Waals surface area contributed by atoms with Crippen LogP contribution in [0.2, 0.25) is 5.02 Å². The molecule has 5 aromatic rings. The number of aliphatic hydroxyl groups is 1. The van der Waals surface area contributed by atoms with Crippen molar-refractivity contribution >= 4 is 68.2 Å². The fraction of sp³-hybridized carbons (Fsp3) is 0.0714. The van der Waals surface area contributed by atoms with Gasteiger partial charge in [0.2, 0.25) is 10.9 Å². The van der Waals surface area contributed by atoms with Crippen molar-refractivity contribution in [2.45, 2.75) is 16.1 Å². The molecule has 0 aliphatic carbocycles. The Morgan fingerprint density at radius 1 is 1.10 bits per heavy atom. The predicted octanol–water partition coefficient (Wildman–Crippen LogP) is 6.92. The first kappa shape index (κ1) is 26.7. The van der Waals surface area contributed by atoms with E-state index in [0.29, 0.717) is 31.6 Å². The van der Waals surface area contributed by atoms with Gasteiger partial charge in [-0.15, -0.1) is 10.2 Å². The van der Waals surface area contributed by atoms with Crippen LogP contribution in [-0.2, 0) is 10.5 Å². The van der Waals surface area contributed by atoms with Crippen molar-refractivity contribution in [3.63, 3.8) is 0 Å². The van der Waals surface area contributed by atoms with Crippen LogP contribution in [0.3, 0.4) is 0 Å². The lowest BCUT2D eigenvalue weighted by Gasteiger charge is -2.23. The van der Waals surface area contributed by atoms with Crippen molar-refractivity contribution in [2.24, 2.45) is 0 Å². The van der Waals surface area contributed by atoms with Gasteiger partial charge in [0.25, 0.3) is 11.6 Å². The Balaban J connectivity index is 1.38. The summed E-state index contributed by atoms with van der Waals surface area (Å²) in [5, 5.41) is 32.1. The number of amides is 1. The summed E-state index contributed by atoms with van der Waals surface area (Å²) in [7, 11) is 0. The summed E-state index contributed by atoms with van der Waals surface area (Å²) >= 11 is 8.73. The number of nitro benzene ring substituents is 1. The molecule has 0 bridgehead atoms. The summed E-state index contributed by atoms with van der Waals surface area (Å²) in [5.74, 6) is -1.88. The Hall–Kier alpha value is -4.52. The molecule has 0 radical (unpaired) electrons. The minimum absolute atomic E-state index is 0.0671. The molecule has 1 atom stereocenters. The van der Waals surface area contributed by atoms with Crippen molar-refractivity contribution in [1.29, 1.82) is 0 Å². The smallest absolute Gasteiger partial charge is 0.296 e. The van der Waals surface area contributed by atoms with Gasteiger partial charge in [-0.1, -0.05) is 71.1 Å². The zero-order chi connectivity index (χ0) is 28.7. The lowest BCUT2D eigenvalue weighted by Crippen LogP contribution is -2.31. The van der Waals surface area contributed by atoms with Crippen molar-refractivity contribution < 1.29 is 24.0 Å². The van der Waals surface area contributed by atoms with Gasteiger partial charge in [-0.05, 0) is 41.5 Å². The number of thioether (sulfide) groups is 1. The minimum atomic E-state index is -1.14. The lowest BCUT2D eigenvalue weighted by atomic mass is 9.95. The second kappa shape index (κ2) is 10.8. The molecule has 10 nitrogen and oxygen atoms in total.